The lowest BCUT2D eigenvalue weighted by atomic mass is 10.00. The van der Waals surface area contributed by atoms with Crippen LogP contribution in [-0.2, 0) is 54.9 Å². The standard InChI is InChI=1S/C114H130N20O6/c1-81(97-43-19-31-89-25-7-13-37-103(89)97)115-109(135)75-127-57-53-125(54-58-128(76-110(136)116-82(2)98-44-20-32-90-26-8-14-38-104(90)98)62-66-131(65-61-127)79-113(139)119-85(5)101-47-23-35-93-29-11-17-41-107(93)101)71-95-73-133(123-121-95)69-87-49-51-88(52-50-87)70-134-74-96(122-124-134)72-126-55-59-129(77-111(137)117-83(3)99-45-21-33-91-27-9-15-39-105(91)99)63-67-132(80-114(140)120-86(6)102-48-24-36-94-30-12-18-42-108(94)102)68-64-130(60-56-126)78-112(138)118-84(4)100-46-22-34-92-28-10-16-40-106(92)100/h7-52,73-74,81-86H,53-72,75-80H2,1-6H3,(H,115,135)(H,116,136)(H,117,137)(H,118,138)(H,119,139)(H,120,140)/t81-,82-,83-,84-,85-,86-/m1/s1. The molecule has 26 heteroatoms. The first-order valence-electron chi connectivity index (χ1n) is 49.5. The predicted octanol–water partition coefficient (Wildman–Crippen LogP) is 14.6. The van der Waals surface area contributed by atoms with Gasteiger partial charge in [-0.15, -0.1) is 10.2 Å². The Bertz CT molecular complexity index is 6120. The first-order chi connectivity index (χ1) is 68.2. The number of carbonyl (C=O) groups is 6. The Hall–Kier alpha value is -13.8. The smallest absolute Gasteiger partial charge is 0.234 e. The Labute approximate surface area is 820 Å². The summed E-state index contributed by atoms with van der Waals surface area (Å²) >= 11 is 0. The highest BCUT2D eigenvalue weighted by Crippen LogP contribution is 2.32. The van der Waals surface area contributed by atoms with E-state index in [2.05, 4.69) is 241 Å². The molecule has 2 aromatic heterocycles. The largest absolute Gasteiger partial charge is 0.348 e. The summed E-state index contributed by atoms with van der Waals surface area (Å²) in [5.74, 6) is -0.629. The van der Waals surface area contributed by atoms with Crippen molar-refractivity contribution in [3.8, 4) is 0 Å². The normalized spacial score (nSPS) is 16.4. The molecule has 26 nitrogen and oxygen atoms in total. The highest BCUT2D eigenvalue weighted by atomic mass is 16.2. The van der Waals surface area contributed by atoms with Crippen LogP contribution in [0.3, 0.4) is 0 Å². The van der Waals surface area contributed by atoms with Gasteiger partial charge in [0.2, 0.25) is 35.4 Å². The summed E-state index contributed by atoms with van der Waals surface area (Å²) in [5.41, 5.74) is 9.86. The first kappa shape index (κ1) is 97.8. The molecule has 17 rings (SSSR count). The molecule has 140 heavy (non-hydrogen) atoms. The fourth-order valence-corrected chi connectivity index (χ4v) is 20.2. The highest BCUT2D eigenvalue weighted by molar-refractivity contribution is 5.93. The second-order valence-electron chi connectivity index (χ2n) is 38.0. The zero-order valence-corrected chi connectivity index (χ0v) is 81.3. The third-order valence-corrected chi connectivity index (χ3v) is 27.7. The number of hydrogen-bond donors (Lipinski definition) is 6. The maximum atomic E-state index is 14.5. The topological polar surface area (TPSA) is 262 Å². The van der Waals surface area contributed by atoms with E-state index < -0.39 is 0 Å². The number of benzene rings is 13. The van der Waals surface area contributed by atoms with Gasteiger partial charge in [0.1, 0.15) is 0 Å². The van der Waals surface area contributed by atoms with E-state index in [0.29, 0.717) is 131 Å². The van der Waals surface area contributed by atoms with E-state index in [1.807, 2.05) is 172 Å². The number of aromatic nitrogens is 6. The lowest BCUT2D eigenvalue weighted by molar-refractivity contribution is -0.125. The quantitative estimate of drug-likeness (QED) is 0.0229. The van der Waals surface area contributed by atoms with Crippen LogP contribution < -0.4 is 31.9 Å². The molecule has 2 aliphatic rings. The third-order valence-electron chi connectivity index (χ3n) is 27.7. The average molecular weight is 1880 g/mol. The van der Waals surface area contributed by atoms with Crippen LogP contribution in [0.1, 0.15) is 134 Å². The third kappa shape index (κ3) is 26.2. The minimum Gasteiger partial charge on any atom is -0.348 e. The first-order valence-corrected chi connectivity index (χ1v) is 49.5. The van der Waals surface area contributed by atoms with Crippen molar-refractivity contribution < 1.29 is 28.8 Å². The Morgan fingerprint density at radius 3 is 0.586 bits per heavy atom. The van der Waals surface area contributed by atoms with Crippen LogP contribution in [0.2, 0.25) is 0 Å². The molecule has 0 unspecified atom stereocenters. The minimum absolute atomic E-state index is 0.101. The van der Waals surface area contributed by atoms with E-state index in [1.54, 1.807) is 0 Å². The van der Waals surface area contributed by atoms with E-state index >= 15 is 0 Å². The maximum absolute atomic E-state index is 14.5. The lowest BCUT2D eigenvalue weighted by Crippen LogP contribution is -2.50. The summed E-state index contributed by atoms with van der Waals surface area (Å²) in [5, 5.41) is 52.2. The molecule has 6 N–H and O–H groups in total. The van der Waals surface area contributed by atoms with Gasteiger partial charge in [0.25, 0.3) is 0 Å². The summed E-state index contributed by atoms with van der Waals surface area (Å²) in [7, 11) is 0. The van der Waals surface area contributed by atoms with Crippen molar-refractivity contribution in [1.29, 1.82) is 0 Å². The van der Waals surface area contributed by atoms with Crippen molar-refractivity contribution in [2.75, 3.05) is 144 Å². The van der Waals surface area contributed by atoms with Crippen LogP contribution in [0, 0.1) is 0 Å². The predicted molar refractivity (Wildman–Crippen MR) is 557 cm³/mol. The number of hydrogen-bond acceptors (Lipinski definition) is 18. The fraction of sp³-hybridized carbons (Fsp3) is 0.333. The number of fused-ring (bicyclic) bond motifs is 6. The van der Waals surface area contributed by atoms with Crippen molar-refractivity contribution in [3.63, 3.8) is 0 Å². The molecular weight excluding hydrogens is 1750 g/mol. The Morgan fingerprint density at radius 1 is 0.221 bits per heavy atom. The van der Waals surface area contributed by atoms with Crippen molar-refractivity contribution in [2.45, 2.75) is 104 Å². The van der Waals surface area contributed by atoms with E-state index in [1.165, 1.54) is 0 Å². The van der Waals surface area contributed by atoms with E-state index in [-0.39, 0.29) is 111 Å². The minimum atomic E-state index is -0.266. The number of rotatable bonds is 32. The second kappa shape index (κ2) is 47.2. The fourth-order valence-electron chi connectivity index (χ4n) is 20.2. The van der Waals surface area contributed by atoms with Crippen molar-refractivity contribution in [3.05, 3.63) is 347 Å². The van der Waals surface area contributed by atoms with Crippen molar-refractivity contribution >= 4 is 100 Å². The van der Waals surface area contributed by atoms with E-state index in [4.69, 9.17) is 20.6 Å². The van der Waals surface area contributed by atoms with Crippen LogP contribution in [-0.4, -0.2) is 249 Å². The van der Waals surface area contributed by atoms with Crippen LogP contribution in [0.4, 0.5) is 0 Å². The molecule has 2 saturated heterocycles. The molecule has 4 heterocycles. The van der Waals surface area contributed by atoms with Gasteiger partial charge in [-0.25, -0.2) is 9.36 Å². The zero-order valence-electron chi connectivity index (χ0n) is 81.3. The van der Waals surface area contributed by atoms with E-state index in [9.17, 15) is 28.8 Å². The molecule has 2 aliphatic heterocycles. The van der Waals surface area contributed by atoms with Gasteiger partial charge in [0.15, 0.2) is 0 Å². The molecule has 0 aliphatic carbocycles. The van der Waals surface area contributed by atoms with Crippen LogP contribution >= 0.6 is 0 Å². The van der Waals surface area contributed by atoms with Crippen LogP contribution in [0.25, 0.3) is 64.6 Å². The van der Waals surface area contributed by atoms with Gasteiger partial charge < -0.3 is 31.9 Å². The molecule has 0 spiro atoms. The Balaban J connectivity index is 0.574. The average Bonchev–Trinajstić information content (AvgIpc) is 1.21. The molecular formula is C114H130N20O6. The Kier molecular flexibility index (Phi) is 33.0. The molecule has 722 valence electrons. The van der Waals surface area contributed by atoms with Gasteiger partial charge in [-0.1, -0.05) is 289 Å². The highest BCUT2D eigenvalue weighted by Gasteiger charge is 2.29. The molecule has 0 radical (unpaired) electrons. The van der Waals surface area contributed by atoms with Crippen LogP contribution in [0.15, 0.2) is 291 Å². The molecule has 15 aromatic rings. The van der Waals surface area contributed by atoms with E-state index in [0.717, 1.165) is 121 Å². The lowest BCUT2D eigenvalue weighted by Gasteiger charge is -2.34. The number of amides is 6. The molecule has 6 amide bonds. The molecule has 0 saturated carbocycles. The zero-order chi connectivity index (χ0) is 96.8. The summed E-state index contributed by atoms with van der Waals surface area (Å²) in [6.45, 7) is 23.1. The van der Waals surface area contributed by atoms with Crippen LogP contribution in [0.5, 0.6) is 0 Å². The number of carbonyl (C=O) groups excluding carboxylic acids is 6. The van der Waals surface area contributed by atoms with Gasteiger partial charge in [0, 0.05) is 118 Å². The maximum Gasteiger partial charge on any atom is 0.234 e. The summed E-state index contributed by atoms with van der Waals surface area (Å²) < 4.78 is 3.74. The molecule has 6 atom stereocenters. The monoisotopic (exact) mass is 1880 g/mol. The molecule has 0 bridgehead atoms. The summed E-state index contributed by atoms with van der Waals surface area (Å²) in [4.78, 5) is 105. The second-order valence-corrected chi connectivity index (χ2v) is 38.0. The van der Waals surface area contributed by atoms with Gasteiger partial charge in [-0.2, -0.15) is 0 Å². The molecule has 2 fully saturated rings. The molecule has 13 aromatic carbocycles. The SMILES string of the molecule is C[C@@H](NC(=O)CN1CCN(CC(=O)N[C@H](C)c2cccc3ccccc23)CCN(Cc2cn(Cc3ccc(Cn4cc(CN5CCN(CC(=O)N[C@H](C)c6cccc7ccccc67)CCN(CC(=O)N[C@H](C)c6cccc7ccccc67)CCN(CC(=O)N[C@H](C)c6cccc7ccccc67)CC5)nn4)cc3)nn2)CCN(CC(=O)N[C@H](C)c2cccc3ccccc23)CC1)c1cccc2ccccc12. The Morgan fingerprint density at radius 2 is 0.393 bits per heavy atom. The van der Waals surface area contributed by atoms with Gasteiger partial charge >= 0.3 is 0 Å². The van der Waals surface area contributed by atoms with Gasteiger partial charge in [-0.05, 0) is 151 Å². The summed E-state index contributed by atoms with van der Waals surface area (Å²) in [6, 6.07) is 93.5. The van der Waals surface area contributed by atoms with Crippen molar-refractivity contribution in [2.24, 2.45) is 0 Å². The number of nitrogens with zero attached hydrogens (tertiary/aromatic N) is 14. The summed E-state index contributed by atoms with van der Waals surface area (Å²) in [6.07, 6.45) is 4.00. The van der Waals surface area contributed by atoms with Crippen molar-refractivity contribution in [1.82, 2.24) is 101 Å². The van der Waals surface area contributed by atoms with Gasteiger partial charge in [-0.3, -0.25) is 68.0 Å². The van der Waals surface area contributed by atoms with Gasteiger partial charge in [0.05, 0.1) is 112 Å². The number of nitrogens with one attached hydrogen (secondary N) is 6.